The predicted molar refractivity (Wildman–Crippen MR) is 48.6 cm³/mol. The third kappa shape index (κ3) is 2.34. The van der Waals surface area contributed by atoms with E-state index in [2.05, 4.69) is 11.9 Å². The number of hydrogen-bond acceptors (Lipinski definition) is 3. The number of rotatable bonds is 1. The molecule has 0 aromatic carbocycles. The quantitative estimate of drug-likeness (QED) is 0.596. The smallest absolute Gasteiger partial charge is 0.410 e. The van der Waals surface area contributed by atoms with Gasteiger partial charge in [-0.25, -0.2) is 4.79 Å². The maximum atomic E-state index is 11.4. The van der Waals surface area contributed by atoms with Gasteiger partial charge in [0.1, 0.15) is 6.10 Å². The number of amides is 1. The molecule has 0 aromatic rings. The molecule has 1 saturated carbocycles. The van der Waals surface area contributed by atoms with Crippen LogP contribution in [0, 0.1) is 0 Å². The molecule has 4 heteroatoms. The van der Waals surface area contributed by atoms with E-state index in [1.54, 1.807) is 4.90 Å². The van der Waals surface area contributed by atoms with Crippen molar-refractivity contribution in [2.75, 3.05) is 33.2 Å². The minimum absolute atomic E-state index is 0.115. The summed E-state index contributed by atoms with van der Waals surface area (Å²) in [6.07, 6.45) is 2.22. The number of nitrogens with zero attached hydrogens (tertiary/aromatic N) is 2. The van der Waals surface area contributed by atoms with Crippen LogP contribution in [0.1, 0.15) is 12.8 Å². The molecule has 0 radical (unpaired) electrons. The molecule has 1 aliphatic heterocycles. The number of carbonyl (C=O) groups excluding carboxylic acids is 1. The summed E-state index contributed by atoms with van der Waals surface area (Å²) in [5.41, 5.74) is 0. The van der Waals surface area contributed by atoms with Crippen LogP contribution < -0.4 is 0 Å². The molecule has 13 heavy (non-hydrogen) atoms. The summed E-state index contributed by atoms with van der Waals surface area (Å²) in [7, 11) is 2.07. The van der Waals surface area contributed by atoms with Crippen molar-refractivity contribution in [3.63, 3.8) is 0 Å². The molecular formula is C9H16N2O2. The van der Waals surface area contributed by atoms with E-state index in [0.29, 0.717) is 0 Å². The molecule has 0 bridgehead atoms. The molecule has 2 fully saturated rings. The molecule has 0 spiro atoms. The van der Waals surface area contributed by atoms with E-state index in [1.165, 1.54) is 0 Å². The summed E-state index contributed by atoms with van der Waals surface area (Å²) in [6.45, 7) is 3.53. The fourth-order valence-electron chi connectivity index (χ4n) is 1.39. The minimum atomic E-state index is -0.115. The summed E-state index contributed by atoms with van der Waals surface area (Å²) in [6, 6.07) is 0. The summed E-state index contributed by atoms with van der Waals surface area (Å²) in [5.74, 6) is 0. The van der Waals surface area contributed by atoms with Crippen LogP contribution >= 0.6 is 0 Å². The van der Waals surface area contributed by atoms with Crippen molar-refractivity contribution in [2.45, 2.75) is 18.9 Å². The van der Waals surface area contributed by atoms with Crippen molar-refractivity contribution in [1.82, 2.24) is 9.80 Å². The molecule has 4 nitrogen and oxygen atoms in total. The Balaban J connectivity index is 1.75. The van der Waals surface area contributed by atoms with Gasteiger partial charge in [0.15, 0.2) is 0 Å². The van der Waals surface area contributed by atoms with Crippen LogP contribution in [-0.2, 0) is 4.74 Å². The molecule has 2 rings (SSSR count). The number of ether oxygens (including phenoxy) is 1. The Bertz CT molecular complexity index is 196. The van der Waals surface area contributed by atoms with Gasteiger partial charge in [0, 0.05) is 26.2 Å². The van der Waals surface area contributed by atoms with Crippen LogP contribution in [0.4, 0.5) is 4.79 Å². The van der Waals surface area contributed by atoms with Gasteiger partial charge in [-0.3, -0.25) is 0 Å². The van der Waals surface area contributed by atoms with E-state index < -0.39 is 0 Å². The van der Waals surface area contributed by atoms with Crippen molar-refractivity contribution in [2.24, 2.45) is 0 Å². The maximum Gasteiger partial charge on any atom is 0.410 e. The SMILES string of the molecule is CN1CCN(C(=O)OC2CC2)CC1. The van der Waals surface area contributed by atoms with Crippen molar-refractivity contribution in [3.8, 4) is 0 Å². The molecular weight excluding hydrogens is 168 g/mol. The van der Waals surface area contributed by atoms with Crippen LogP contribution in [0.25, 0.3) is 0 Å². The van der Waals surface area contributed by atoms with E-state index >= 15 is 0 Å². The Morgan fingerprint density at radius 3 is 2.38 bits per heavy atom. The maximum absolute atomic E-state index is 11.4. The van der Waals surface area contributed by atoms with Gasteiger partial charge >= 0.3 is 6.09 Å². The van der Waals surface area contributed by atoms with Crippen molar-refractivity contribution in [3.05, 3.63) is 0 Å². The lowest BCUT2D eigenvalue weighted by atomic mass is 10.3. The van der Waals surface area contributed by atoms with E-state index in [0.717, 1.165) is 39.0 Å². The van der Waals surface area contributed by atoms with Gasteiger partial charge in [-0.05, 0) is 19.9 Å². The van der Waals surface area contributed by atoms with Gasteiger partial charge in [-0.1, -0.05) is 0 Å². The second kappa shape index (κ2) is 3.54. The number of hydrogen-bond donors (Lipinski definition) is 0. The van der Waals surface area contributed by atoms with Gasteiger partial charge in [0.2, 0.25) is 0 Å². The second-order valence-corrected chi connectivity index (χ2v) is 3.87. The van der Waals surface area contributed by atoms with E-state index in [-0.39, 0.29) is 12.2 Å². The van der Waals surface area contributed by atoms with Crippen molar-refractivity contribution in [1.29, 1.82) is 0 Å². The van der Waals surface area contributed by atoms with Crippen molar-refractivity contribution < 1.29 is 9.53 Å². The highest BCUT2D eigenvalue weighted by Crippen LogP contribution is 2.24. The third-order valence-corrected chi connectivity index (χ3v) is 2.55. The average molecular weight is 184 g/mol. The zero-order chi connectivity index (χ0) is 9.26. The first-order chi connectivity index (χ1) is 6.25. The highest BCUT2D eigenvalue weighted by atomic mass is 16.6. The molecule has 1 amide bonds. The van der Waals surface area contributed by atoms with Gasteiger partial charge in [0.25, 0.3) is 0 Å². The summed E-state index contributed by atoms with van der Waals surface area (Å²) >= 11 is 0. The molecule has 1 aliphatic carbocycles. The molecule has 0 aromatic heterocycles. The Kier molecular flexibility index (Phi) is 2.40. The first kappa shape index (κ1) is 8.81. The van der Waals surface area contributed by atoms with E-state index in [9.17, 15) is 4.79 Å². The topological polar surface area (TPSA) is 32.8 Å². The molecule has 74 valence electrons. The van der Waals surface area contributed by atoms with Gasteiger partial charge in [-0.2, -0.15) is 0 Å². The second-order valence-electron chi connectivity index (χ2n) is 3.87. The van der Waals surface area contributed by atoms with Gasteiger partial charge in [0.05, 0.1) is 0 Å². The highest BCUT2D eigenvalue weighted by molar-refractivity contribution is 5.68. The van der Waals surface area contributed by atoms with Crippen LogP contribution in [0.3, 0.4) is 0 Å². The zero-order valence-corrected chi connectivity index (χ0v) is 8.03. The lowest BCUT2D eigenvalue weighted by Gasteiger charge is -2.31. The van der Waals surface area contributed by atoms with Crippen LogP contribution in [0.2, 0.25) is 0 Å². The van der Waals surface area contributed by atoms with E-state index in [1.807, 2.05) is 0 Å². The highest BCUT2D eigenvalue weighted by Gasteiger charge is 2.29. The van der Waals surface area contributed by atoms with Crippen LogP contribution in [-0.4, -0.2) is 55.2 Å². The van der Waals surface area contributed by atoms with Crippen LogP contribution in [0.5, 0.6) is 0 Å². The summed E-state index contributed by atoms with van der Waals surface area (Å²) in [4.78, 5) is 15.5. The molecule has 0 N–H and O–H groups in total. The summed E-state index contributed by atoms with van der Waals surface area (Å²) < 4.78 is 5.20. The van der Waals surface area contributed by atoms with Crippen molar-refractivity contribution >= 4 is 6.09 Å². The molecule has 1 saturated heterocycles. The fourth-order valence-corrected chi connectivity index (χ4v) is 1.39. The Morgan fingerprint density at radius 1 is 1.23 bits per heavy atom. The Morgan fingerprint density at radius 2 is 1.85 bits per heavy atom. The Hall–Kier alpha value is -0.770. The van der Waals surface area contributed by atoms with E-state index in [4.69, 9.17) is 4.74 Å². The normalized spacial score (nSPS) is 24.5. The Labute approximate surface area is 78.4 Å². The zero-order valence-electron chi connectivity index (χ0n) is 8.03. The predicted octanol–water partition coefficient (Wildman–Crippen LogP) is 0.533. The van der Waals surface area contributed by atoms with Crippen LogP contribution in [0.15, 0.2) is 0 Å². The fraction of sp³-hybridized carbons (Fsp3) is 0.889. The number of piperazine rings is 1. The molecule has 1 heterocycles. The first-order valence-electron chi connectivity index (χ1n) is 4.90. The lowest BCUT2D eigenvalue weighted by molar-refractivity contribution is 0.0767. The average Bonchev–Trinajstić information content (AvgIpc) is 2.89. The summed E-state index contributed by atoms with van der Waals surface area (Å²) in [5, 5.41) is 0. The molecule has 2 aliphatic rings. The molecule has 0 unspecified atom stereocenters. The monoisotopic (exact) mass is 184 g/mol. The van der Waals surface area contributed by atoms with Gasteiger partial charge < -0.3 is 14.5 Å². The molecule has 0 atom stereocenters. The number of likely N-dealkylation sites (N-methyl/N-ethyl adjacent to an activating group) is 1. The largest absolute Gasteiger partial charge is 0.446 e. The third-order valence-electron chi connectivity index (χ3n) is 2.55. The number of carbonyl (C=O) groups is 1. The minimum Gasteiger partial charge on any atom is -0.446 e. The standard InChI is InChI=1S/C9H16N2O2/c1-10-4-6-11(7-5-10)9(12)13-8-2-3-8/h8H,2-7H2,1H3. The van der Waals surface area contributed by atoms with Gasteiger partial charge in [-0.15, -0.1) is 0 Å². The lowest BCUT2D eigenvalue weighted by Crippen LogP contribution is -2.47. The first-order valence-corrected chi connectivity index (χ1v) is 4.90.